The minimum Gasteiger partial charge on any atom is -0.469 e. The summed E-state index contributed by atoms with van der Waals surface area (Å²) in [4.78, 5) is 0. The Morgan fingerprint density at radius 3 is 2.84 bits per heavy atom. The molecule has 1 unspecified atom stereocenters. The van der Waals surface area contributed by atoms with Crippen molar-refractivity contribution in [1.82, 2.24) is 15.1 Å². The third kappa shape index (κ3) is 3.26. The van der Waals surface area contributed by atoms with E-state index in [1.54, 1.807) is 6.26 Å². The second kappa shape index (κ2) is 6.57. The van der Waals surface area contributed by atoms with E-state index >= 15 is 0 Å². The van der Waals surface area contributed by atoms with Crippen molar-refractivity contribution < 1.29 is 4.42 Å². The van der Waals surface area contributed by atoms with Gasteiger partial charge in [-0.05, 0) is 31.5 Å². The molecule has 0 saturated heterocycles. The van der Waals surface area contributed by atoms with Gasteiger partial charge in [0.25, 0.3) is 0 Å². The van der Waals surface area contributed by atoms with E-state index in [4.69, 9.17) is 4.42 Å². The van der Waals surface area contributed by atoms with Crippen molar-refractivity contribution in [3.8, 4) is 0 Å². The number of hydrogen-bond acceptors (Lipinski definition) is 3. The SMILES string of the molecule is CCNC(Cc1cnn(CC)c1)c1ccoc1CC. The van der Waals surface area contributed by atoms with Crippen LogP contribution in [-0.2, 0) is 19.4 Å². The van der Waals surface area contributed by atoms with Gasteiger partial charge in [-0.3, -0.25) is 4.68 Å². The molecule has 104 valence electrons. The molecule has 4 heteroatoms. The van der Waals surface area contributed by atoms with Gasteiger partial charge in [-0.15, -0.1) is 0 Å². The highest BCUT2D eigenvalue weighted by molar-refractivity contribution is 5.24. The molecule has 2 rings (SSSR count). The van der Waals surface area contributed by atoms with E-state index in [1.807, 2.05) is 10.9 Å². The number of nitrogens with zero attached hydrogens (tertiary/aromatic N) is 2. The van der Waals surface area contributed by atoms with Gasteiger partial charge in [-0.25, -0.2) is 0 Å². The van der Waals surface area contributed by atoms with Gasteiger partial charge < -0.3 is 9.73 Å². The van der Waals surface area contributed by atoms with Gasteiger partial charge in [-0.2, -0.15) is 5.10 Å². The zero-order valence-electron chi connectivity index (χ0n) is 12.0. The van der Waals surface area contributed by atoms with Gasteiger partial charge in [0.15, 0.2) is 0 Å². The smallest absolute Gasteiger partial charge is 0.108 e. The molecule has 2 aromatic heterocycles. The number of aromatic nitrogens is 2. The van der Waals surface area contributed by atoms with Crippen LogP contribution in [0.25, 0.3) is 0 Å². The van der Waals surface area contributed by atoms with Crippen LogP contribution >= 0.6 is 0 Å². The Kier molecular flexibility index (Phi) is 4.80. The molecule has 0 aromatic carbocycles. The summed E-state index contributed by atoms with van der Waals surface area (Å²) in [5.41, 5.74) is 2.53. The molecule has 0 aliphatic carbocycles. The van der Waals surface area contributed by atoms with Crippen LogP contribution < -0.4 is 5.32 Å². The van der Waals surface area contributed by atoms with Crippen LogP contribution in [0.4, 0.5) is 0 Å². The molecule has 0 aliphatic heterocycles. The van der Waals surface area contributed by atoms with E-state index in [0.717, 1.165) is 31.7 Å². The van der Waals surface area contributed by atoms with Crippen molar-refractivity contribution in [2.45, 2.75) is 46.2 Å². The molecular weight excluding hydrogens is 238 g/mol. The number of likely N-dealkylation sites (N-methyl/N-ethyl adjacent to an activating group) is 1. The number of furan rings is 1. The predicted octanol–water partition coefficient (Wildman–Crippen LogP) is 2.95. The van der Waals surface area contributed by atoms with E-state index in [-0.39, 0.29) is 0 Å². The maximum Gasteiger partial charge on any atom is 0.108 e. The Morgan fingerprint density at radius 2 is 2.21 bits per heavy atom. The summed E-state index contributed by atoms with van der Waals surface area (Å²) in [6.07, 6.45) is 7.74. The van der Waals surface area contributed by atoms with Crippen molar-refractivity contribution in [3.05, 3.63) is 41.6 Å². The van der Waals surface area contributed by atoms with Crippen LogP contribution in [0.3, 0.4) is 0 Å². The zero-order valence-corrected chi connectivity index (χ0v) is 12.0. The predicted molar refractivity (Wildman–Crippen MR) is 76.1 cm³/mol. The molecule has 1 N–H and O–H groups in total. The molecular formula is C15H23N3O. The summed E-state index contributed by atoms with van der Waals surface area (Å²) in [5, 5.41) is 7.88. The molecule has 0 aliphatic rings. The highest BCUT2D eigenvalue weighted by Crippen LogP contribution is 2.23. The van der Waals surface area contributed by atoms with Crippen molar-refractivity contribution >= 4 is 0 Å². The lowest BCUT2D eigenvalue weighted by molar-refractivity contribution is 0.487. The molecule has 2 heterocycles. The van der Waals surface area contributed by atoms with Gasteiger partial charge in [0.1, 0.15) is 5.76 Å². The van der Waals surface area contributed by atoms with Crippen molar-refractivity contribution in [3.63, 3.8) is 0 Å². The van der Waals surface area contributed by atoms with E-state index in [0.29, 0.717) is 6.04 Å². The zero-order chi connectivity index (χ0) is 13.7. The minimum atomic E-state index is 0.299. The van der Waals surface area contributed by atoms with Crippen LogP contribution in [0, 0.1) is 0 Å². The molecule has 0 saturated carbocycles. The van der Waals surface area contributed by atoms with Crippen LogP contribution in [0.2, 0.25) is 0 Å². The van der Waals surface area contributed by atoms with Gasteiger partial charge in [-0.1, -0.05) is 13.8 Å². The summed E-state index contributed by atoms with van der Waals surface area (Å²) < 4.78 is 7.51. The van der Waals surface area contributed by atoms with Gasteiger partial charge in [0.2, 0.25) is 0 Å². The first-order valence-electron chi connectivity index (χ1n) is 7.09. The normalized spacial score (nSPS) is 12.8. The minimum absolute atomic E-state index is 0.299. The van der Waals surface area contributed by atoms with E-state index < -0.39 is 0 Å². The topological polar surface area (TPSA) is 43.0 Å². The van der Waals surface area contributed by atoms with Crippen molar-refractivity contribution in [2.75, 3.05) is 6.54 Å². The Balaban J connectivity index is 2.16. The number of hydrogen-bond donors (Lipinski definition) is 1. The van der Waals surface area contributed by atoms with Crippen LogP contribution in [0.15, 0.2) is 29.1 Å². The Morgan fingerprint density at radius 1 is 1.37 bits per heavy atom. The second-order valence-corrected chi connectivity index (χ2v) is 4.67. The summed E-state index contributed by atoms with van der Waals surface area (Å²) in [6, 6.07) is 2.38. The number of rotatable bonds is 7. The van der Waals surface area contributed by atoms with E-state index in [9.17, 15) is 0 Å². The van der Waals surface area contributed by atoms with Gasteiger partial charge in [0, 0.05) is 30.8 Å². The van der Waals surface area contributed by atoms with Crippen molar-refractivity contribution in [1.29, 1.82) is 0 Å². The molecule has 2 aromatic rings. The largest absolute Gasteiger partial charge is 0.469 e. The Labute approximate surface area is 114 Å². The number of nitrogens with one attached hydrogen (secondary N) is 1. The fourth-order valence-corrected chi connectivity index (χ4v) is 2.41. The monoisotopic (exact) mass is 261 g/mol. The van der Waals surface area contributed by atoms with Crippen molar-refractivity contribution in [2.24, 2.45) is 0 Å². The third-order valence-electron chi connectivity index (χ3n) is 3.38. The summed E-state index contributed by atoms with van der Waals surface area (Å²) >= 11 is 0. The van der Waals surface area contributed by atoms with Crippen LogP contribution in [0.5, 0.6) is 0 Å². The quantitative estimate of drug-likeness (QED) is 0.833. The molecule has 0 bridgehead atoms. The highest BCUT2D eigenvalue weighted by atomic mass is 16.3. The van der Waals surface area contributed by atoms with E-state index in [2.05, 4.69) is 43.4 Å². The third-order valence-corrected chi connectivity index (χ3v) is 3.38. The maximum atomic E-state index is 5.54. The molecule has 0 radical (unpaired) electrons. The first-order chi connectivity index (χ1) is 9.28. The molecule has 0 fully saturated rings. The standard InChI is InChI=1S/C15H23N3O/c1-4-15-13(7-8-19-15)14(16-5-2)9-12-10-17-18(6-3)11-12/h7-8,10-11,14,16H,4-6,9H2,1-3H3. The summed E-state index contributed by atoms with van der Waals surface area (Å²) in [7, 11) is 0. The second-order valence-electron chi connectivity index (χ2n) is 4.67. The van der Waals surface area contributed by atoms with Crippen LogP contribution in [-0.4, -0.2) is 16.3 Å². The average molecular weight is 261 g/mol. The van der Waals surface area contributed by atoms with Crippen LogP contribution in [0.1, 0.15) is 43.7 Å². The first-order valence-corrected chi connectivity index (χ1v) is 7.09. The molecule has 19 heavy (non-hydrogen) atoms. The first kappa shape index (κ1) is 13.9. The molecule has 0 spiro atoms. The molecule has 4 nitrogen and oxygen atoms in total. The lowest BCUT2D eigenvalue weighted by Crippen LogP contribution is -2.23. The maximum absolute atomic E-state index is 5.54. The van der Waals surface area contributed by atoms with E-state index in [1.165, 1.54) is 11.1 Å². The fourth-order valence-electron chi connectivity index (χ4n) is 2.41. The molecule has 1 atom stereocenters. The summed E-state index contributed by atoms with van der Waals surface area (Å²) in [5.74, 6) is 1.08. The lowest BCUT2D eigenvalue weighted by Gasteiger charge is -2.17. The van der Waals surface area contributed by atoms with Gasteiger partial charge in [0.05, 0.1) is 12.5 Å². The summed E-state index contributed by atoms with van der Waals surface area (Å²) in [6.45, 7) is 8.22. The average Bonchev–Trinajstić information content (AvgIpc) is 3.06. The molecule has 0 amide bonds. The van der Waals surface area contributed by atoms with Gasteiger partial charge >= 0.3 is 0 Å². The lowest BCUT2D eigenvalue weighted by atomic mass is 10.00. The Hall–Kier alpha value is -1.55. The number of aryl methyl sites for hydroxylation is 2. The Bertz CT molecular complexity index is 501. The highest BCUT2D eigenvalue weighted by Gasteiger charge is 2.17. The fraction of sp³-hybridized carbons (Fsp3) is 0.533.